The zero-order chi connectivity index (χ0) is 14.5. The standard InChI is InChI=1S/C14H27NO4/c1-13(2,3)19-12(16)5-8-15(4)11-14(17)6-9-18-10-7-14/h17H,5-11H2,1-4H3. The lowest BCUT2D eigenvalue weighted by Crippen LogP contribution is -2.46. The quantitative estimate of drug-likeness (QED) is 0.763. The molecule has 0 spiro atoms. The zero-order valence-electron chi connectivity index (χ0n) is 12.6. The molecule has 0 bridgehead atoms. The highest BCUT2D eigenvalue weighted by atomic mass is 16.6. The predicted molar refractivity (Wildman–Crippen MR) is 73.0 cm³/mol. The van der Waals surface area contributed by atoms with Crippen LogP contribution < -0.4 is 0 Å². The van der Waals surface area contributed by atoms with Crippen LogP contribution in [0.4, 0.5) is 0 Å². The van der Waals surface area contributed by atoms with Gasteiger partial charge in [0.1, 0.15) is 5.60 Å². The number of likely N-dealkylation sites (N-methyl/N-ethyl adjacent to an activating group) is 1. The fraction of sp³-hybridized carbons (Fsp3) is 0.929. The van der Waals surface area contributed by atoms with Gasteiger partial charge in [-0.25, -0.2) is 0 Å². The number of nitrogens with zero attached hydrogens (tertiary/aromatic N) is 1. The molecule has 0 aromatic heterocycles. The van der Waals surface area contributed by atoms with E-state index in [4.69, 9.17) is 9.47 Å². The fourth-order valence-electron chi connectivity index (χ4n) is 2.17. The largest absolute Gasteiger partial charge is 0.460 e. The van der Waals surface area contributed by atoms with Crippen molar-refractivity contribution in [2.75, 3.05) is 33.4 Å². The minimum atomic E-state index is -0.680. The van der Waals surface area contributed by atoms with Gasteiger partial charge in [-0.3, -0.25) is 4.79 Å². The molecule has 1 aliphatic heterocycles. The van der Waals surface area contributed by atoms with Crippen LogP contribution in [0.1, 0.15) is 40.0 Å². The molecule has 5 heteroatoms. The van der Waals surface area contributed by atoms with Crippen LogP contribution in [0, 0.1) is 0 Å². The Labute approximate surface area is 115 Å². The Morgan fingerprint density at radius 1 is 1.37 bits per heavy atom. The lowest BCUT2D eigenvalue weighted by atomic mass is 9.94. The van der Waals surface area contributed by atoms with Gasteiger partial charge in [-0.05, 0) is 27.8 Å². The van der Waals surface area contributed by atoms with Gasteiger partial charge in [0.25, 0.3) is 0 Å². The van der Waals surface area contributed by atoms with Crippen molar-refractivity contribution < 1.29 is 19.4 Å². The highest BCUT2D eigenvalue weighted by Crippen LogP contribution is 2.21. The van der Waals surface area contributed by atoms with Crippen molar-refractivity contribution in [2.24, 2.45) is 0 Å². The third-order valence-electron chi connectivity index (χ3n) is 3.11. The molecule has 0 amide bonds. The summed E-state index contributed by atoms with van der Waals surface area (Å²) in [6.07, 6.45) is 1.66. The third kappa shape index (κ3) is 6.89. The van der Waals surface area contributed by atoms with E-state index in [1.54, 1.807) is 0 Å². The van der Waals surface area contributed by atoms with Crippen molar-refractivity contribution in [1.82, 2.24) is 4.90 Å². The molecule has 1 N–H and O–H groups in total. The van der Waals surface area contributed by atoms with Crippen molar-refractivity contribution in [1.29, 1.82) is 0 Å². The molecule has 1 rings (SSSR count). The Morgan fingerprint density at radius 2 is 1.95 bits per heavy atom. The fourth-order valence-corrected chi connectivity index (χ4v) is 2.17. The smallest absolute Gasteiger partial charge is 0.307 e. The summed E-state index contributed by atoms with van der Waals surface area (Å²) < 4.78 is 10.5. The molecule has 0 radical (unpaired) electrons. The molecule has 112 valence electrons. The van der Waals surface area contributed by atoms with Gasteiger partial charge in [0.2, 0.25) is 0 Å². The van der Waals surface area contributed by atoms with Crippen LogP contribution in [-0.2, 0) is 14.3 Å². The molecular formula is C14H27NO4. The minimum Gasteiger partial charge on any atom is -0.460 e. The van der Waals surface area contributed by atoms with Gasteiger partial charge in [0.15, 0.2) is 0 Å². The Morgan fingerprint density at radius 3 is 2.47 bits per heavy atom. The summed E-state index contributed by atoms with van der Waals surface area (Å²) in [5, 5.41) is 10.4. The Hall–Kier alpha value is -0.650. The number of esters is 1. The molecule has 19 heavy (non-hydrogen) atoms. The van der Waals surface area contributed by atoms with Crippen molar-refractivity contribution in [3.05, 3.63) is 0 Å². The summed E-state index contributed by atoms with van der Waals surface area (Å²) in [6, 6.07) is 0. The van der Waals surface area contributed by atoms with E-state index in [2.05, 4.69) is 0 Å². The van der Waals surface area contributed by atoms with Gasteiger partial charge in [-0.15, -0.1) is 0 Å². The van der Waals surface area contributed by atoms with E-state index in [1.807, 2.05) is 32.7 Å². The lowest BCUT2D eigenvalue weighted by Gasteiger charge is -2.35. The highest BCUT2D eigenvalue weighted by molar-refractivity contribution is 5.70. The average molecular weight is 273 g/mol. The van der Waals surface area contributed by atoms with Gasteiger partial charge in [-0.1, -0.05) is 0 Å². The van der Waals surface area contributed by atoms with Gasteiger partial charge in [-0.2, -0.15) is 0 Å². The summed E-state index contributed by atoms with van der Waals surface area (Å²) >= 11 is 0. The number of hydrogen-bond donors (Lipinski definition) is 1. The maximum Gasteiger partial charge on any atom is 0.307 e. The molecule has 1 fully saturated rings. The average Bonchev–Trinajstić information content (AvgIpc) is 2.24. The van der Waals surface area contributed by atoms with Crippen LogP contribution in [-0.4, -0.2) is 60.5 Å². The molecule has 1 saturated heterocycles. The van der Waals surface area contributed by atoms with Crippen molar-refractivity contribution >= 4 is 5.97 Å². The summed E-state index contributed by atoms with van der Waals surface area (Å²) in [5.41, 5.74) is -1.12. The van der Waals surface area contributed by atoms with E-state index in [1.165, 1.54) is 0 Å². The lowest BCUT2D eigenvalue weighted by molar-refractivity contribution is -0.155. The summed E-state index contributed by atoms with van der Waals surface area (Å²) in [6.45, 7) is 7.96. The first-order chi connectivity index (χ1) is 8.70. The predicted octanol–water partition coefficient (Wildman–Crippen LogP) is 1.19. The molecule has 1 aliphatic rings. The summed E-state index contributed by atoms with van der Waals surface area (Å²) in [5.74, 6) is -0.196. The number of aliphatic hydroxyl groups is 1. The minimum absolute atomic E-state index is 0.196. The Balaban J connectivity index is 2.27. The van der Waals surface area contributed by atoms with Crippen LogP contribution >= 0.6 is 0 Å². The second kappa shape index (κ2) is 6.68. The first kappa shape index (κ1) is 16.4. The van der Waals surface area contributed by atoms with E-state index in [-0.39, 0.29) is 5.97 Å². The summed E-state index contributed by atoms with van der Waals surface area (Å²) in [7, 11) is 1.91. The van der Waals surface area contributed by atoms with E-state index < -0.39 is 11.2 Å². The number of ether oxygens (including phenoxy) is 2. The third-order valence-corrected chi connectivity index (χ3v) is 3.11. The molecule has 5 nitrogen and oxygen atoms in total. The molecule has 0 aliphatic carbocycles. The molecule has 0 aromatic carbocycles. The number of carbonyl (C=O) groups is 1. The molecule has 0 unspecified atom stereocenters. The summed E-state index contributed by atoms with van der Waals surface area (Å²) in [4.78, 5) is 13.6. The van der Waals surface area contributed by atoms with Crippen LogP contribution in [0.15, 0.2) is 0 Å². The maximum absolute atomic E-state index is 11.6. The van der Waals surface area contributed by atoms with E-state index >= 15 is 0 Å². The van der Waals surface area contributed by atoms with Crippen LogP contribution in [0.25, 0.3) is 0 Å². The van der Waals surface area contributed by atoms with Crippen LogP contribution in [0.2, 0.25) is 0 Å². The van der Waals surface area contributed by atoms with Gasteiger partial charge in [0.05, 0.1) is 12.0 Å². The first-order valence-corrected chi connectivity index (χ1v) is 6.91. The molecule has 0 aromatic rings. The van der Waals surface area contributed by atoms with Crippen LogP contribution in [0.5, 0.6) is 0 Å². The second-order valence-electron chi connectivity index (χ2n) is 6.41. The van der Waals surface area contributed by atoms with E-state index in [0.29, 0.717) is 45.6 Å². The Bertz CT molecular complexity index is 292. The Kier molecular flexibility index (Phi) is 5.77. The van der Waals surface area contributed by atoms with E-state index in [0.717, 1.165) is 0 Å². The molecule has 1 heterocycles. The van der Waals surface area contributed by atoms with Crippen molar-refractivity contribution in [3.8, 4) is 0 Å². The molecular weight excluding hydrogens is 246 g/mol. The molecule has 0 atom stereocenters. The molecule has 0 saturated carbocycles. The van der Waals surface area contributed by atoms with Crippen molar-refractivity contribution in [2.45, 2.75) is 51.2 Å². The first-order valence-electron chi connectivity index (χ1n) is 6.91. The highest BCUT2D eigenvalue weighted by Gasteiger charge is 2.31. The van der Waals surface area contributed by atoms with Gasteiger partial charge in [0, 0.05) is 39.1 Å². The number of hydrogen-bond acceptors (Lipinski definition) is 5. The number of carbonyl (C=O) groups excluding carboxylic acids is 1. The van der Waals surface area contributed by atoms with Crippen molar-refractivity contribution in [3.63, 3.8) is 0 Å². The zero-order valence-corrected chi connectivity index (χ0v) is 12.6. The second-order valence-corrected chi connectivity index (χ2v) is 6.41. The van der Waals surface area contributed by atoms with E-state index in [9.17, 15) is 9.90 Å². The topological polar surface area (TPSA) is 59.0 Å². The normalized spacial score (nSPS) is 19.5. The van der Waals surface area contributed by atoms with Gasteiger partial charge >= 0.3 is 5.97 Å². The SMILES string of the molecule is CN(CCC(=O)OC(C)(C)C)CC1(O)CCOCC1. The van der Waals surface area contributed by atoms with Crippen LogP contribution in [0.3, 0.4) is 0 Å². The maximum atomic E-state index is 11.6. The number of rotatable bonds is 5. The monoisotopic (exact) mass is 273 g/mol. The van der Waals surface area contributed by atoms with Gasteiger partial charge < -0.3 is 19.5 Å².